The predicted octanol–water partition coefficient (Wildman–Crippen LogP) is 3.44. The molecule has 9 nitrogen and oxygen atoms in total. The maximum atomic E-state index is 12.7. The van der Waals surface area contributed by atoms with Gasteiger partial charge in [0.25, 0.3) is 0 Å². The lowest BCUT2D eigenvalue weighted by Gasteiger charge is -2.27. The van der Waals surface area contributed by atoms with E-state index in [-0.39, 0.29) is 18.5 Å². The van der Waals surface area contributed by atoms with E-state index in [1.807, 2.05) is 20.8 Å². The number of aryl methyl sites for hydroxylation is 1. The summed E-state index contributed by atoms with van der Waals surface area (Å²) in [6.45, 7) is 5.47. The lowest BCUT2D eigenvalue weighted by molar-refractivity contribution is -0.117. The molecule has 3 rings (SSSR count). The second-order valence-electron chi connectivity index (χ2n) is 8.42. The first-order chi connectivity index (χ1) is 14.7. The second-order valence-corrected chi connectivity index (χ2v) is 8.42. The molecule has 0 unspecified atom stereocenters. The maximum absolute atomic E-state index is 12.7. The van der Waals surface area contributed by atoms with Gasteiger partial charge in [0, 0.05) is 6.07 Å². The zero-order valence-corrected chi connectivity index (χ0v) is 18.7. The number of ether oxygens (including phenoxy) is 3. The molecule has 168 valence electrons. The van der Waals surface area contributed by atoms with E-state index in [2.05, 4.69) is 15.7 Å². The van der Waals surface area contributed by atoms with Crippen molar-refractivity contribution in [3.05, 3.63) is 35.7 Å². The van der Waals surface area contributed by atoms with Crippen molar-refractivity contribution in [2.24, 2.45) is 0 Å². The fourth-order valence-corrected chi connectivity index (χ4v) is 3.61. The van der Waals surface area contributed by atoms with Gasteiger partial charge in [-0.1, -0.05) is 0 Å². The summed E-state index contributed by atoms with van der Waals surface area (Å²) in [5.41, 5.74) is 1.83. The summed E-state index contributed by atoms with van der Waals surface area (Å²) in [5, 5.41) is 10.2. The fourth-order valence-electron chi connectivity index (χ4n) is 3.61. The molecule has 0 saturated heterocycles. The molecule has 1 atom stereocenters. The van der Waals surface area contributed by atoms with Crippen LogP contribution in [0, 0.1) is 0 Å². The molecule has 1 heterocycles. The number of nitrogens with one attached hydrogen (secondary N) is 2. The maximum Gasteiger partial charge on any atom is 0.408 e. The summed E-state index contributed by atoms with van der Waals surface area (Å²) in [7, 11) is 3.09. The average molecular weight is 431 g/mol. The highest BCUT2D eigenvalue weighted by atomic mass is 16.6. The number of methoxy groups -OCH3 is 2. The molecule has 0 bridgehead atoms. The van der Waals surface area contributed by atoms with Gasteiger partial charge in [-0.25, -0.2) is 4.79 Å². The van der Waals surface area contributed by atoms with Crippen LogP contribution in [0.1, 0.15) is 50.9 Å². The van der Waals surface area contributed by atoms with E-state index in [0.717, 1.165) is 30.5 Å². The monoisotopic (exact) mass is 430 g/mol. The standard InChI is InChI=1S/C22H30N4O5/c1-22(2,3)31-21(28)25-17-8-6-7-14-12-23-26(20(14)17)13-19(27)24-16-10-9-15(29-4)11-18(16)30-5/h9-12,17H,6-8,13H2,1-5H3,(H,24,27)(H,25,28)/t17-/m0/s1. The van der Waals surface area contributed by atoms with Crippen molar-refractivity contribution < 1.29 is 23.8 Å². The highest BCUT2D eigenvalue weighted by Gasteiger charge is 2.29. The Morgan fingerprint density at radius 3 is 2.68 bits per heavy atom. The number of fused-ring (bicyclic) bond motifs is 1. The van der Waals surface area contributed by atoms with Crippen LogP contribution in [-0.4, -0.2) is 41.6 Å². The van der Waals surface area contributed by atoms with Crippen LogP contribution in [0.2, 0.25) is 0 Å². The van der Waals surface area contributed by atoms with Crippen molar-refractivity contribution in [3.63, 3.8) is 0 Å². The molecule has 1 aromatic carbocycles. The average Bonchev–Trinajstić information content (AvgIpc) is 3.10. The number of nitrogens with zero attached hydrogens (tertiary/aromatic N) is 2. The number of amides is 2. The van der Waals surface area contributed by atoms with Crippen LogP contribution in [-0.2, 0) is 22.5 Å². The van der Waals surface area contributed by atoms with Gasteiger partial charge in [-0.2, -0.15) is 5.10 Å². The van der Waals surface area contributed by atoms with Crippen molar-refractivity contribution in [1.29, 1.82) is 0 Å². The number of rotatable bonds is 6. The molecule has 0 fully saturated rings. The summed E-state index contributed by atoms with van der Waals surface area (Å²) in [5.74, 6) is 0.877. The summed E-state index contributed by atoms with van der Waals surface area (Å²) in [4.78, 5) is 25.0. The molecule has 9 heteroatoms. The lowest BCUT2D eigenvalue weighted by Crippen LogP contribution is -2.37. The first kappa shape index (κ1) is 22.5. The van der Waals surface area contributed by atoms with Gasteiger partial charge in [0.05, 0.1) is 37.8 Å². The molecule has 0 radical (unpaired) electrons. The first-order valence-corrected chi connectivity index (χ1v) is 10.3. The Morgan fingerprint density at radius 1 is 1.23 bits per heavy atom. The summed E-state index contributed by atoms with van der Waals surface area (Å²) in [6, 6.07) is 4.91. The van der Waals surface area contributed by atoms with E-state index in [1.165, 1.54) is 7.11 Å². The third-order valence-corrected chi connectivity index (χ3v) is 4.90. The molecule has 2 aromatic rings. The molecule has 1 aromatic heterocycles. The topological polar surface area (TPSA) is 104 Å². The number of benzene rings is 1. The van der Waals surface area contributed by atoms with E-state index in [9.17, 15) is 9.59 Å². The number of hydrogen-bond donors (Lipinski definition) is 2. The van der Waals surface area contributed by atoms with Gasteiger partial charge < -0.3 is 24.8 Å². The Morgan fingerprint density at radius 2 is 2.00 bits per heavy atom. The number of anilines is 1. The quantitative estimate of drug-likeness (QED) is 0.728. The molecular weight excluding hydrogens is 400 g/mol. The van der Waals surface area contributed by atoms with Crippen LogP contribution >= 0.6 is 0 Å². The minimum atomic E-state index is -0.584. The van der Waals surface area contributed by atoms with E-state index in [1.54, 1.807) is 36.2 Å². The van der Waals surface area contributed by atoms with Crippen molar-refractivity contribution in [1.82, 2.24) is 15.1 Å². The normalized spacial score (nSPS) is 15.6. The minimum absolute atomic E-state index is 0.0109. The van der Waals surface area contributed by atoms with Gasteiger partial charge in [0.15, 0.2) is 0 Å². The van der Waals surface area contributed by atoms with Crippen LogP contribution < -0.4 is 20.1 Å². The van der Waals surface area contributed by atoms with Gasteiger partial charge in [-0.15, -0.1) is 0 Å². The zero-order valence-electron chi connectivity index (χ0n) is 18.7. The van der Waals surface area contributed by atoms with Crippen molar-refractivity contribution in [2.45, 2.75) is 58.2 Å². The van der Waals surface area contributed by atoms with Crippen molar-refractivity contribution in [3.8, 4) is 11.5 Å². The van der Waals surface area contributed by atoms with Crippen molar-refractivity contribution >= 4 is 17.7 Å². The number of alkyl carbamates (subject to hydrolysis) is 1. The second kappa shape index (κ2) is 9.28. The van der Waals surface area contributed by atoms with Gasteiger partial charge in [0.1, 0.15) is 23.6 Å². The molecule has 2 amide bonds. The molecule has 1 aliphatic carbocycles. The summed E-state index contributed by atoms with van der Waals surface area (Å²) < 4.78 is 17.6. The lowest BCUT2D eigenvalue weighted by atomic mass is 9.93. The van der Waals surface area contributed by atoms with Gasteiger partial charge in [-0.3, -0.25) is 9.48 Å². The zero-order chi connectivity index (χ0) is 22.6. The number of aromatic nitrogens is 2. The highest BCUT2D eigenvalue weighted by Crippen LogP contribution is 2.31. The van der Waals surface area contributed by atoms with E-state index >= 15 is 0 Å². The number of carbonyl (C=O) groups excluding carboxylic acids is 2. The first-order valence-electron chi connectivity index (χ1n) is 10.3. The molecule has 1 aliphatic rings. The van der Waals surface area contributed by atoms with E-state index < -0.39 is 11.7 Å². The Balaban J connectivity index is 1.73. The minimum Gasteiger partial charge on any atom is -0.497 e. The van der Waals surface area contributed by atoms with Gasteiger partial charge in [0.2, 0.25) is 5.91 Å². The Hall–Kier alpha value is -3.23. The number of carbonyl (C=O) groups is 2. The van der Waals surface area contributed by atoms with Crippen LogP contribution in [0.3, 0.4) is 0 Å². The third-order valence-electron chi connectivity index (χ3n) is 4.90. The van der Waals surface area contributed by atoms with Crippen LogP contribution in [0.25, 0.3) is 0 Å². The molecule has 2 N–H and O–H groups in total. The third kappa shape index (κ3) is 5.68. The van der Waals surface area contributed by atoms with Crippen LogP contribution in [0.4, 0.5) is 10.5 Å². The molecular formula is C22H30N4O5. The smallest absolute Gasteiger partial charge is 0.408 e. The van der Waals surface area contributed by atoms with Crippen molar-refractivity contribution in [2.75, 3.05) is 19.5 Å². The largest absolute Gasteiger partial charge is 0.497 e. The molecule has 0 saturated carbocycles. The molecule has 31 heavy (non-hydrogen) atoms. The van der Waals surface area contributed by atoms with E-state index in [4.69, 9.17) is 14.2 Å². The SMILES string of the molecule is COc1ccc(NC(=O)Cn2ncc3c2[C@@H](NC(=O)OC(C)(C)C)CCC3)c(OC)c1. The van der Waals surface area contributed by atoms with Gasteiger partial charge >= 0.3 is 6.09 Å². The van der Waals surface area contributed by atoms with Crippen LogP contribution in [0.15, 0.2) is 24.4 Å². The summed E-state index contributed by atoms with van der Waals surface area (Å²) in [6.07, 6.45) is 3.82. The molecule has 0 spiro atoms. The predicted molar refractivity (Wildman–Crippen MR) is 115 cm³/mol. The Bertz CT molecular complexity index is 948. The Labute approximate surface area is 182 Å². The highest BCUT2D eigenvalue weighted by molar-refractivity contribution is 5.92. The Kier molecular flexibility index (Phi) is 6.72. The van der Waals surface area contributed by atoms with Crippen LogP contribution in [0.5, 0.6) is 11.5 Å². The van der Waals surface area contributed by atoms with E-state index in [0.29, 0.717) is 17.2 Å². The summed E-state index contributed by atoms with van der Waals surface area (Å²) >= 11 is 0. The van der Waals surface area contributed by atoms with Gasteiger partial charge in [-0.05, 0) is 57.7 Å². The fraction of sp³-hybridized carbons (Fsp3) is 0.500. The molecule has 0 aliphatic heterocycles. The number of hydrogen-bond acceptors (Lipinski definition) is 6.